The van der Waals surface area contributed by atoms with Crippen LogP contribution in [-0.4, -0.2) is 27.0 Å². The molecule has 0 aliphatic carbocycles. The molecule has 4 rings (SSSR count). The first-order valence-electron chi connectivity index (χ1n) is 8.93. The highest BCUT2D eigenvalue weighted by molar-refractivity contribution is 6.08. The zero-order valence-electron chi connectivity index (χ0n) is 15.4. The fourth-order valence-corrected chi connectivity index (χ4v) is 2.97. The molecular weight excluding hydrogens is 392 g/mol. The molecule has 0 unspecified atom stereocenters. The van der Waals surface area contributed by atoms with Crippen molar-refractivity contribution in [2.45, 2.75) is 6.42 Å². The summed E-state index contributed by atoms with van der Waals surface area (Å²) in [4.78, 5) is 28.2. The molecule has 2 amide bonds. The van der Waals surface area contributed by atoms with Crippen LogP contribution in [0.1, 0.15) is 6.42 Å². The normalized spacial score (nSPS) is 10.7. The van der Waals surface area contributed by atoms with E-state index in [1.165, 1.54) is 6.07 Å². The van der Waals surface area contributed by atoms with E-state index in [-0.39, 0.29) is 0 Å². The van der Waals surface area contributed by atoms with Crippen molar-refractivity contribution in [1.82, 2.24) is 15.2 Å². The van der Waals surface area contributed by atoms with E-state index in [0.29, 0.717) is 11.2 Å². The second-order valence-corrected chi connectivity index (χ2v) is 6.44. The van der Waals surface area contributed by atoms with Crippen LogP contribution in [0.15, 0.2) is 60.9 Å². The third-order valence-electron chi connectivity index (χ3n) is 4.33. The van der Waals surface area contributed by atoms with Crippen molar-refractivity contribution >= 4 is 34.1 Å². The van der Waals surface area contributed by atoms with E-state index in [2.05, 4.69) is 25.8 Å². The van der Waals surface area contributed by atoms with Crippen LogP contribution in [0.25, 0.3) is 22.2 Å². The Bertz CT molecular complexity index is 1220. The largest absolute Gasteiger partial charge is 0.326 e. The molecule has 3 N–H and O–H groups in total. The number of rotatable bonds is 5. The molecule has 150 valence electrons. The third kappa shape index (κ3) is 4.00. The van der Waals surface area contributed by atoms with Gasteiger partial charge < -0.3 is 10.6 Å². The van der Waals surface area contributed by atoms with Crippen molar-refractivity contribution in [3.8, 4) is 11.3 Å². The lowest BCUT2D eigenvalue weighted by Crippen LogP contribution is -2.22. The zero-order chi connectivity index (χ0) is 21.1. The van der Waals surface area contributed by atoms with Crippen LogP contribution >= 0.6 is 0 Å². The lowest BCUT2D eigenvalue weighted by Gasteiger charge is -2.08. The van der Waals surface area contributed by atoms with Gasteiger partial charge in [-0.25, -0.2) is 8.78 Å². The number of nitrogens with zero attached hydrogens (tertiary/aromatic N) is 2. The van der Waals surface area contributed by atoms with Crippen molar-refractivity contribution < 1.29 is 18.4 Å². The first kappa shape index (κ1) is 19.2. The van der Waals surface area contributed by atoms with Gasteiger partial charge in [0.2, 0.25) is 11.8 Å². The summed E-state index contributed by atoms with van der Waals surface area (Å²) in [6.07, 6.45) is 2.76. The van der Waals surface area contributed by atoms with Crippen molar-refractivity contribution in [3.05, 3.63) is 72.6 Å². The Morgan fingerprint density at radius 2 is 1.73 bits per heavy atom. The minimum Gasteiger partial charge on any atom is -0.326 e. The number of aromatic amines is 1. The molecule has 7 nitrogen and oxygen atoms in total. The maximum Gasteiger partial charge on any atom is 0.233 e. The molecule has 0 radical (unpaired) electrons. The molecule has 30 heavy (non-hydrogen) atoms. The van der Waals surface area contributed by atoms with E-state index in [9.17, 15) is 18.4 Å². The summed E-state index contributed by atoms with van der Waals surface area (Å²) in [5.41, 5.74) is 2.11. The van der Waals surface area contributed by atoms with E-state index in [4.69, 9.17) is 0 Å². The second kappa shape index (κ2) is 8.08. The highest BCUT2D eigenvalue weighted by atomic mass is 19.1. The van der Waals surface area contributed by atoms with Gasteiger partial charge >= 0.3 is 0 Å². The summed E-state index contributed by atoms with van der Waals surface area (Å²) < 4.78 is 27.2. The van der Waals surface area contributed by atoms with Crippen molar-refractivity contribution in [2.75, 3.05) is 10.6 Å². The van der Waals surface area contributed by atoms with E-state index in [0.717, 1.165) is 28.8 Å². The number of para-hydroxylation sites is 1. The first-order chi connectivity index (χ1) is 14.5. The van der Waals surface area contributed by atoms with Gasteiger partial charge in [-0.15, -0.1) is 0 Å². The molecule has 0 fully saturated rings. The Morgan fingerprint density at radius 1 is 0.967 bits per heavy atom. The summed E-state index contributed by atoms with van der Waals surface area (Å²) in [5, 5.41) is 12.7. The van der Waals surface area contributed by atoms with Gasteiger partial charge in [-0.05, 0) is 42.5 Å². The van der Waals surface area contributed by atoms with Crippen LogP contribution in [0.3, 0.4) is 0 Å². The van der Waals surface area contributed by atoms with Gasteiger partial charge in [0.25, 0.3) is 0 Å². The summed E-state index contributed by atoms with van der Waals surface area (Å²) in [6, 6.07) is 12.0. The molecule has 0 saturated heterocycles. The van der Waals surface area contributed by atoms with Gasteiger partial charge in [-0.3, -0.25) is 19.7 Å². The zero-order valence-corrected chi connectivity index (χ0v) is 15.4. The number of carbonyl (C=O) groups is 2. The van der Waals surface area contributed by atoms with Crippen molar-refractivity contribution in [2.24, 2.45) is 0 Å². The Morgan fingerprint density at radius 3 is 2.47 bits per heavy atom. The molecule has 0 atom stereocenters. The van der Waals surface area contributed by atoms with Gasteiger partial charge in [0.05, 0.1) is 5.52 Å². The van der Waals surface area contributed by atoms with E-state index < -0.39 is 35.6 Å². The minimum atomic E-state index is -0.919. The van der Waals surface area contributed by atoms with Gasteiger partial charge in [-0.2, -0.15) is 5.10 Å². The molecule has 0 saturated carbocycles. The van der Waals surface area contributed by atoms with Gasteiger partial charge in [-0.1, -0.05) is 6.07 Å². The number of carbonyl (C=O) groups excluding carboxylic acids is 2. The molecule has 2 aromatic heterocycles. The van der Waals surface area contributed by atoms with Crippen molar-refractivity contribution in [3.63, 3.8) is 0 Å². The Kier molecular flexibility index (Phi) is 5.17. The van der Waals surface area contributed by atoms with Gasteiger partial charge in [0.15, 0.2) is 0 Å². The molecule has 2 aromatic carbocycles. The minimum absolute atomic E-state index is 0.443. The number of hydrogen-bond donors (Lipinski definition) is 3. The topological polar surface area (TPSA) is 99.8 Å². The average molecular weight is 407 g/mol. The molecule has 4 aromatic rings. The molecule has 9 heteroatoms. The molecule has 2 heterocycles. The van der Waals surface area contributed by atoms with E-state index >= 15 is 0 Å². The Balaban J connectivity index is 1.44. The summed E-state index contributed by atoms with van der Waals surface area (Å²) in [5.74, 6) is -3.30. The lowest BCUT2D eigenvalue weighted by atomic mass is 10.1. The molecule has 0 aliphatic rings. The van der Waals surface area contributed by atoms with Gasteiger partial charge in [0, 0.05) is 29.0 Å². The summed E-state index contributed by atoms with van der Waals surface area (Å²) >= 11 is 0. The molecule has 0 aliphatic heterocycles. The fourth-order valence-electron chi connectivity index (χ4n) is 2.97. The molecule has 0 bridgehead atoms. The summed E-state index contributed by atoms with van der Waals surface area (Å²) in [6.45, 7) is 0. The highest BCUT2D eigenvalue weighted by Gasteiger charge is 2.16. The number of anilines is 2. The number of aromatic nitrogens is 3. The predicted octanol–water partition coefficient (Wildman–Crippen LogP) is 3.87. The number of benzene rings is 2. The SMILES string of the molecule is O=C(CC(=O)Nc1c(F)cccc1F)Nc1ccc2c(-c3cccnc3)n[nH]c2c1. The molecule has 0 spiro atoms. The Labute approximate surface area is 169 Å². The predicted molar refractivity (Wildman–Crippen MR) is 108 cm³/mol. The number of nitrogens with one attached hydrogen (secondary N) is 3. The van der Waals surface area contributed by atoms with Crippen LogP contribution in [-0.2, 0) is 9.59 Å². The smallest absolute Gasteiger partial charge is 0.233 e. The third-order valence-corrected chi connectivity index (χ3v) is 4.33. The Hall–Kier alpha value is -4.14. The first-order valence-corrected chi connectivity index (χ1v) is 8.93. The quantitative estimate of drug-likeness (QED) is 0.437. The van der Waals surface area contributed by atoms with Crippen LogP contribution in [0, 0.1) is 11.6 Å². The van der Waals surface area contributed by atoms with Crippen LogP contribution in [0.4, 0.5) is 20.2 Å². The number of H-pyrrole nitrogens is 1. The number of hydrogen-bond acceptors (Lipinski definition) is 4. The average Bonchev–Trinajstić information content (AvgIpc) is 3.14. The number of amides is 2. The van der Waals surface area contributed by atoms with Gasteiger partial charge in [0.1, 0.15) is 29.4 Å². The lowest BCUT2D eigenvalue weighted by molar-refractivity contribution is -0.123. The van der Waals surface area contributed by atoms with Crippen LogP contribution in [0.5, 0.6) is 0 Å². The number of halogens is 2. The van der Waals surface area contributed by atoms with Crippen LogP contribution < -0.4 is 10.6 Å². The maximum absolute atomic E-state index is 13.6. The van der Waals surface area contributed by atoms with E-state index in [1.54, 1.807) is 30.6 Å². The number of pyridine rings is 1. The summed E-state index contributed by atoms with van der Waals surface area (Å²) in [7, 11) is 0. The van der Waals surface area contributed by atoms with Crippen LogP contribution in [0.2, 0.25) is 0 Å². The molecular formula is C21H15F2N5O2. The highest BCUT2D eigenvalue weighted by Crippen LogP contribution is 2.27. The monoisotopic (exact) mass is 407 g/mol. The number of fused-ring (bicyclic) bond motifs is 1. The second-order valence-electron chi connectivity index (χ2n) is 6.44. The maximum atomic E-state index is 13.6. The standard InChI is InChI=1S/C21H15F2N5O2/c22-15-4-1-5-16(23)21(15)26-19(30)10-18(29)25-13-6-7-14-17(9-13)27-28-20(14)12-3-2-8-24-11-12/h1-9,11H,10H2,(H,25,29)(H,26,30)(H,27,28). The fraction of sp³-hybridized carbons (Fsp3) is 0.0476. The van der Waals surface area contributed by atoms with E-state index in [1.807, 2.05) is 12.1 Å². The van der Waals surface area contributed by atoms with Crippen molar-refractivity contribution in [1.29, 1.82) is 0 Å².